The first kappa shape index (κ1) is 28.7. The molecule has 5 aromatic rings. The molecule has 0 aliphatic heterocycles. The van der Waals surface area contributed by atoms with Gasteiger partial charge in [-0.25, -0.2) is 4.98 Å². The number of benzene rings is 3. The van der Waals surface area contributed by atoms with E-state index in [0.717, 1.165) is 48.6 Å². The van der Waals surface area contributed by atoms with Crippen LogP contribution in [-0.2, 0) is 11.4 Å². The smallest absolute Gasteiger partial charge is 0.310 e. The minimum Gasteiger partial charge on any atom is -0.340 e. The van der Waals surface area contributed by atoms with Crippen molar-refractivity contribution in [2.45, 2.75) is 52.5 Å². The molecule has 0 spiro atoms. The van der Waals surface area contributed by atoms with Crippen LogP contribution in [0.3, 0.4) is 0 Å². The maximum Gasteiger partial charge on any atom is 0.310 e. The number of carbonyl (C=O) groups excluding carboxylic acids is 1. The van der Waals surface area contributed by atoms with Crippen molar-refractivity contribution in [3.05, 3.63) is 107 Å². The summed E-state index contributed by atoms with van der Waals surface area (Å²) < 4.78 is 3.51. The molecule has 0 radical (unpaired) electrons. The Morgan fingerprint density at radius 2 is 1.79 bits per heavy atom. The highest BCUT2D eigenvalue weighted by Crippen LogP contribution is 2.34. The highest BCUT2D eigenvalue weighted by atomic mass is 16.7. The number of non-ortho nitro benzene ring substituents is 1. The summed E-state index contributed by atoms with van der Waals surface area (Å²) in [5, 5.41) is 27.5. The van der Waals surface area contributed by atoms with Crippen LogP contribution < -0.4 is 0 Å². The van der Waals surface area contributed by atoms with Gasteiger partial charge in [0.05, 0.1) is 11.3 Å². The molecule has 42 heavy (non-hydrogen) atoms. The van der Waals surface area contributed by atoms with Crippen molar-refractivity contribution in [3.63, 3.8) is 0 Å². The molecule has 0 aliphatic carbocycles. The number of hydrogen-bond donors (Lipinski definition) is 1. The molecule has 2 heterocycles. The van der Waals surface area contributed by atoms with Crippen LogP contribution in [-0.4, -0.2) is 35.6 Å². The van der Waals surface area contributed by atoms with E-state index in [9.17, 15) is 20.0 Å². The Balaban J connectivity index is 1.59. The van der Waals surface area contributed by atoms with Crippen molar-refractivity contribution in [1.82, 2.24) is 14.1 Å². The molecule has 0 saturated carbocycles. The maximum atomic E-state index is 13.9. The Labute approximate surface area is 243 Å². The van der Waals surface area contributed by atoms with E-state index < -0.39 is 17.1 Å². The Hall–Kier alpha value is -4.83. The van der Waals surface area contributed by atoms with Crippen molar-refractivity contribution < 1.29 is 19.7 Å². The first-order valence-corrected chi connectivity index (χ1v) is 14.1. The summed E-state index contributed by atoms with van der Waals surface area (Å²) in [5.41, 5.74) is 2.65. The van der Waals surface area contributed by atoms with Crippen molar-refractivity contribution in [2.24, 2.45) is 11.1 Å². The molecule has 10 nitrogen and oxygen atoms in total. The lowest BCUT2D eigenvalue weighted by Gasteiger charge is -2.17. The van der Waals surface area contributed by atoms with E-state index in [-0.39, 0.29) is 11.4 Å². The number of rotatable bonds is 13. The summed E-state index contributed by atoms with van der Waals surface area (Å²) in [6.07, 6.45) is 7.28. The van der Waals surface area contributed by atoms with Crippen LogP contribution in [0.5, 0.6) is 0 Å². The molecule has 0 fully saturated rings. The predicted molar refractivity (Wildman–Crippen MR) is 161 cm³/mol. The summed E-state index contributed by atoms with van der Waals surface area (Å²) in [5.74, 6) is 0.0396. The van der Waals surface area contributed by atoms with Gasteiger partial charge in [-0.05, 0) is 36.6 Å². The van der Waals surface area contributed by atoms with Crippen LogP contribution in [0.1, 0.15) is 61.9 Å². The molecular formula is C32H33N5O5. The fourth-order valence-electron chi connectivity index (χ4n) is 5.23. The number of hydrogen-bond acceptors (Lipinski definition) is 7. The summed E-state index contributed by atoms with van der Waals surface area (Å²) in [7, 11) is 0. The van der Waals surface area contributed by atoms with Crippen LogP contribution >= 0.6 is 0 Å². The van der Waals surface area contributed by atoms with Gasteiger partial charge in [0.15, 0.2) is 5.71 Å². The molecule has 2 aromatic heterocycles. The quantitative estimate of drug-likeness (QED) is 0.0544. The van der Waals surface area contributed by atoms with Gasteiger partial charge in [-0.1, -0.05) is 68.6 Å². The molecule has 0 amide bonds. The minimum absolute atomic E-state index is 0.00875. The molecular weight excluding hydrogens is 534 g/mol. The molecule has 0 aliphatic rings. The Bertz CT molecular complexity index is 1730. The van der Waals surface area contributed by atoms with Crippen molar-refractivity contribution in [2.75, 3.05) is 0 Å². The number of nitro groups is 1. The zero-order valence-corrected chi connectivity index (χ0v) is 23.6. The Kier molecular flexibility index (Phi) is 8.73. The molecule has 2 unspecified atom stereocenters. The normalized spacial score (nSPS) is 13.4. The van der Waals surface area contributed by atoms with E-state index in [2.05, 4.69) is 28.6 Å². The number of carbonyl (C=O) groups is 1. The lowest BCUT2D eigenvalue weighted by Crippen LogP contribution is -2.18. The van der Waals surface area contributed by atoms with E-state index in [0.29, 0.717) is 22.4 Å². The number of aliphatic hydroxyl groups is 1. The number of aliphatic hydroxyl groups excluding tert-OH is 1. The minimum atomic E-state index is -1.47. The third-order valence-electron chi connectivity index (χ3n) is 7.59. The van der Waals surface area contributed by atoms with E-state index in [1.165, 1.54) is 29.4 Å². The first-order valence-electron chi connectivity index (χ1n) is 14.1. The number of unbranched alkanes of at least 4 members (excludes halogenated alkanes) is 1. The van der Waals surface area contributed by atoms with Gasteiger partial charge in [0, 0.05) is 64.0 Å². The largest absolute Gasteiger partial charge is 0.340 e. The molecule has 0 saturated heterocycles. The topological polar surface area (TPSA) is 125 Å². The van der Waals surface area contributed by atoms with Crippen LogP contribution in [0.2, 0.25) is 0 Å². The van der Waals surface area contributed by atoms with Gasteiger partial charge < -0.3 is 14.5 Å². The first-order chi connectivity index (χ1) is 20.4. The second-order valence-electron chi connectivity index (χ2n) is 10.3. The van der Waals surface area contributed by atoms with E-state index >= 15 is 0 Å². The van der Waals surface area contributed by atoms with Gasteiger partial charge in [0.25, 0.3) is 5.69 Å². The van der Waals surface area contributed by atoms with Gasteiger partial charge in [0.2, 0.25) is 5.78 Å². The maximum absolute atomic E-state index is 13.9. The predicted octanol–water partition coefficient (Wildman–Crippen LogP) is 6.87. The van der Waals surface area contributed by atoms with Crippen molar-refractivity contribution in [3.8, 4) is 0 Å². The molecule has 5 rings (SSSR count). The third-order valence-corrected chi connectivity index (χ3v) is 7.59. The number of Topliss-reactive ketones (excluding diaryl/α,β-unsaturated/α-hetero) is 1. The lowest BCUT2D eigenvalue weighted by molar-refractivity contribution is -0.384. The molecule has 216 valence electrons. The van der Waals surface area contributed by atoms with Gasteiger partial charge in [-0.2, -0.15) is 0 Å². The van der Waals surface area contributed by atoms with Gasteiger partial charge in [-0.3, -0.25) is 19.5 Å². The zero-order valence-electron chi connectivity index (χ0n) is 23.6. The zero-order chi connectivity index (χ0) is 29.6. The molecule has 3 aromatic carbocycles. The number of fused-ring (bicyclic) bond motifs is 3. The summed E-state index contributed by atoms with van der Waals surface area (Å²) >= 11 is 0. The molecule has 1 N–H and O–H groups in total. The van der Waals surface area contributed by atoms with Gasteiger partial charge >= 0.3 is 6.41 Å². The fraction of sp³-hybridized carbons (Fsp3) is 0.281. The average molecular weight is 568 g/mol. The summed E-state index contributed by atoms with van der Waals surface area (Å²) in [6.45, 7) is 5.14. The third kappa shape index (κ3) is 5.94. The number of nitrogens with zero attached hydrogens (tertiary/aromatic N) is 5. The summed E-state index contributed by atoms with van der Waals surface area (Å²) in [4.78, 5) is 34.4. The molecule has 0 bridgehead atoms. The van der Waals surface area contributed by atoms with E-state index in [1.54, 1.807) is 48.5 Å². The Morgan fingerprint density at radius 3 is 2.45 bits per heavy atom. The molecule has 10 heteroatoms. The van der Waals surface area contributed by atoms with E-state index in [4.69, 9.17) is 4.84 Å². The number of nitro benzene ring substituents is 1. The highest BCUT2D eigenvalue weighted by Gasteiger charge is 2.22. The van der Waals surface area contributed by atoms with Crippen LogP contribution in [0.4, 0.5) is 5.69 Å². The van der Waals surface area contributed by atoms with Crippen molar-refractivity contribution in [1.29, 1.82) is 0 Å². The number of aromatic nitrogens is 3. The second kappa shape index (κ2) is 12.8. The standard InChI is InChI=1S/C32H33N5O5/c1-3-5-9-22(4-2)20-36-28-14-12-24(18-26(28)27-19-25(37(40)41)13-15-29(27)36)31(38)30(23-10-7-6-8-11-23)34-42-32(39)35-17-16-33-21-35/h6-8,10-19,21-22,32,39H,3-5,9,20H2,1-2H3/b34-30+. The number of oxime groups is 1. The lowest BCUT2D eigenvalue weighted by atomic mass is 9.98. The number of ketones is 1. The average Bonchev–Trinajstić information content (AvgIpc) is 3.66. The highest BCUT2D eigenvalue weighted by molar-refractivity contribution is 6.51. The van der Waals surface area contributed by atoms with Crippen molar-refractivity contribution >= 4 is 39.0 Å². The monoisotopic (exact) mass is 567 g/mol. The van der Waals surface area contributed by atoms with Gasteiger partial charge in [0.1, 0.15) is 0 Å². The van der Waals surface area contributed by atoms with Crippen LogP contribution in [0.25, 0.3) is 21.8 Å². The van der Waals surface area contributed by atoms with E-state index in [1.807, 2.05) is 12.1 Å². The number of imidazole rings is 1. The molecule has 2 atom stereocenters. The fourth-order valence-corrected chi connectivity index (χ4v) is 5.23. The van der Waals surface area contributed by atoms with Gasteiger partial charge in [-0.15, -0.1) is 0 Å². The summed E-state index contributed by atoms with van der Waals surface area (Å²) in [6, 6.07) is 19.2. The van der Waals surface area contributed by atoms with Crippen LogP contribution in [0, 0.1) is 16.0 Å². The SMILES string of the molecule is CCCCC(CC)Cn1c2ccc(C(=O)/C(=N/OC(O)n3ccnc3)c3ccccc3)cc2c2cc([N+](=O)[O-])ccc21. The Morgan fingerprint density at radius 1 is 1.05 bits per heavy atom. The van der Waals surface area contributed by atoms with Crippen LogP contribution in [0.15, 0.2) is 90.6 Å². The second-order valence-corrected chi connectivity index (χ2v) is 10.3.